The van der Waals surface area contributed by atoms with Crippen molar-refractivity contribution in [3.05, 3.63) is 23.8 Å². The normalized spacial score (nSPS) is 17.1. The van der Waals surface area contributed by atoms with Crippen LogP contribution in [0, 0.1) is 6.92 Å². The number of nitrogens with two attached hydrogens (primary N) is 1. The van der Waals surface area contributed by atoms with Crippen molar-refractivity contribution in [1.29, 1.82) is 0 Å². The molecule has 1 fully saturated rings. The molecule has 0 aliphatic carbocycles. The summed E-state index contributed by atoms with van der Waals surface area (Å²) in [6, 6.07) is 6.30. The molecule has 1 heterocycles. The first kappa shape index (κ1) is 9.38. The van der Waals surface area contributed by atoms with Gasteiger partial charge in [0.25, 0.3) is 0 Å². The van der Waals surface area contributed by atoms with Crippen molar-refractivity contribution < 1.29 is 0 Å². The van der Waals surface area contributed by atoms with E-state index >= 15 is 0 Å². The Labute approximate surface area is 85.7 Å². The summed E-state index contributed by atoms with van der Waals surface area (Å²) in [6.07, 6.45) is 3.96. The largest absolute Gasteiger partial charge is 0.397 e. The molecule has 1 aliphatic rings. The molecule has 2 heteroatoms. The summed E-state index contributed by atoms with van der Waals surface area (Å²) in [5.41, 5.74) is 9.44. The van der Waals surface area contributed by atoms with E-state index in [0.717, 1.165) is 18.8 Å². The van der Waals surface area contributed by atoms with Gasteiger partial charge in [0.15, 0.2) is 0 Å². The third-order valence-corrected chi connectivity index (χ3v) is 3.00. The first-order valence-electron chi connectivity index (χ1n) is 5.39. The molecule has 0 saturated carbocycles. The van der Waals surface area contributed by atoms with E-state index in [0.29, 0.717) is 0 Å². The number of aryl methyl sites for hydroxylation is 1. The molecule has 1 aromatic rings. The molecule has 2 nitrogen and oxygen atoms in total. The predicted octanol–water partition coefficient (Wildman–Crippen LogP) is 2.57. The lowest BCUT2D eigenvalue weighted by atomic mass is 10.1. The number of benzene rings is 1. The molecule has 0 aromatic heterocycles. The van der Waals surface area contributed by atoms with Crippen LogP contribution in [0.15, 0.2) is 18.2 Å². The van der Waals surface area contributed by atoms with Crippen LogP contribution >= 0.6 is 0 Å². The Bertz CT molecular complexity index is 314. The summed E-state index contributed by atoms with van der Waals surface area (Å²) >= 11 is 0. The standard InChI is InChI=1S/C12H18N2/c1-10-6-5-7-11(12(10)13)14-8-3-2-4-9-14/h5-7H,2-4,8-9,13H2,1H3. The summed E-state index contributed by atoms with van der Waals surface area (Å²) < 4.78 is 0. The SMILES string of the molecule is Cc1cccc(N2CCCCC2)c1N. The van der Waals surface area contributed by atoms with Crippen LogP contribution in [-0.4, -0.2) is 13.1 Å². The van der Waals surface area contributed by atoms with Crippen LogP contribution in [0.1, 0.15) is 24.8 Å². The number of hydrogen-bond acceptors (Lipinski definition) is 2. The molecule has 1 aromatic carbocycles. The maximum absolute atomic E-state index is 6.07. The molecule has 1 aliphatic heterocycles. The van der Waals surface area contributed by atoms with E-state index in [1.54, 1.807) is 0 Å². The highest BCUT2D eigenvalue weighted by Gasteiger charge is 2.13. The first-order valence-corrected chi connectivity index (χ1v) is 5.39. The zero-order valence-corrected chi connectivity index (χ0v) is 8.79. The van der Waals surface area contributed by atoms with Gasteiger partial charge in [0, 0.05) is 13.1 Å². The predicted molar refractivity (Wildman–Crippen MR) is 61.7 cm³/mol. The van der Waals surface area contributed by atoms with Crippen molar-refractivity contribution in [3.8, 4) is 0 Å². The lowest BCUT2D eigenvalue weighted by Gasteiger charge is -2.30. The Balaban J connectivity index is 2.26. The minimum absolute atomic E-state index is 0.953. The number of hydrogen-bond donors (Lipinski definition) is 1. The average molecular weight is 190 g/mol. The van der Waals surface area contributed by atoms with Crippen LogP contribution in [0.2, 0.25) is 0 Å². The molecule has 0 spiro atoms. The molecule has 0 amide bonds. The fourth-order valence-corrected chi connectivity index (χ4v) is 2.08. The minimum Gasteiger partial charge on any atom is -0.397 e. The fourth-order valence-electron chi connectivity index (χ4n) is 2.08. The van der Waals surface area contributed by atoms with E-state index in [4.69, 9.17) is 5.73 Å². The third kappa shape index (κ3) is 1.69. The molecule has 0 atom stereocenters. The van der Waals surface area contributed by atoms with E-state index < -0.39 is 0 Å². The minimum atomic E-state index is 0.953. The van der Waals surface area contributed by atoms with Gasteiger partial charge >= 0.3 is 0 Å². The Morgan fingerprint density at radius 2 is 1.86 bits per heavy atom. The molecule has 0 unspecified atom stereocenters. The third-order valence-electron chi connectivity index (χ3n) is 3.00. The molecule has 2 N–H and O–H groups in total. The van der Waals surface area contributed by atoms with E-state index in [-0.39, 0.29) is 0 Å². The van der Waals surface area contributed by atoms with Crippen molar-refractivity contribution in [2.45, 2.75) is 26.2 Å². The summed E-state index contributed by atoms with van der Waals surface area (Å²) in [5, 5.41) is 0. The van der Waals surface area contributed by atoms with Gasteiger partial charge in [-0.3, -0.25) is 0 Å². The fraction of sp³-hybridized carbons (Fsp3) is 0.500. The zero-order valence-electron chi connectivity index (χ0n) is 8.79. The highest BCUT2D eigenvalue weighted by molar-refractivity contribution is 5.70. The quantitative estimate of drug-likeness (QED) is 0.690. The van der Waals surface area contributed by atoms with Gasteiger partial charge in [-0.1, -0.05) is 12.1 Å². The lowest BCUT2D eigenvalue weighted by molar-refractivity contribution is 0.578. The van der Waals surface area contributed by atoms with Crippen molar-refractivity contribution >= 4 is 11.4 Å². The Morgan fingerprint density at radius 3 is 2.57 bits per heavy atom. The molecule has 0 bridgehead atoms. The molecule has 76 valence electrons. The second-order valence-corrected chi connectivity index (χ2v) is 4.06. The van der Waals surface area contributed by atoms with Gasteiger partial charge in [0.05, 0.1) is 11.4 Å². The summed E-state index contributed by atoms with van der Waals surface area (Å²) in [4.78, 5) is 2.41. The van der Waals surface area contributed by atoms with Crippen molar-refractivity contribution in [2.75, 3.05) is 23.7 Å². The van der Waals surface area contributed by atoms with E-state index in [1.165, 1.54) is 30.5 Å². The van der Waals surface area contributed by atoms with Crippen molar-refractivity contribution in [1.82, 2.24) is 0 Å². The number of nitrogen functional groups attached to an aromatic ring is 1. The van der Waals surface area contributed by atoms with Gasteiger partial charge in [-0.15, -0.1) is 0 Å². The van der Waals surface area contributed by atoms with Gasteiger partial charge in [0.2, 0.25) is 0 Å². The van der Waals surface area contributed by atoms with Gasteiger partial charge in [-0.05, 0) is 37.8 Å². The van der Waals surface area contributed by atoms with Crippen LogP contribution in [-0.2, 0) is 0 Å². The van der Waals surface area contributed by atoms with Crippen molar-refractivity contribution in [2.24, 2.45) is 0 Å². The number of anilines is 2. The molecular weight excluding hydrogens is 172 g/mol. The van der Waals surface area contributed by atoms with Gasteiger partial charge in [0.1, 0.15) is 0 Å². The summed E-state index contributed by atoms with van der Waals surface area (Å²) in [7, 11) is 0. The zero-order chi connectivity index (χ0) is 9.97. The number of nitrogens with zero attached hydrogens (tertiary/aromatic N) is 1. The Morgan fingerprint density at radius 1 is 1.14 bits per heavy atom. The number of rotatable bonds is 1. The highest BCUT2D eigenvalue weighted by Crippen LogP contribution is 2.28. The van der Waals surface area contributed by atoms with Gasteiger partial charge < -0.3 is 10.6 Å². The van der Waals surface area contributed by atoms with Crippen molar-refractivity contribution in [3.63, 3.8) is 0 Å². The number of para-hydroxylation sites is 1. The van der Waals surface area contributed by atoms with E-state index in [9.17, 15) is 0 Å². The smallest absolute Gasteiger partial charge is 0.0602 e. The second kappa shape index (κ2) is 3.91. The first-order chi connectivity index (χ1) is 6.79. The summed E-state index contributed by atoms with van der Waals surface area (Å²) in [5.74, 6) is 0. The van der Waals surface area contributed by atoms with Crippen LogP contribution < -0.4 is 10.6 Å². The summed E-state index contributed by atoms with van der Waals surface area (Å²) in [6.45, 7) is 4.39. The van der Waals surface area contributed by atoms with Gasteiger partial charge in [-0.25, -0.2) is 0 Å². The average Bonchev–Trinajstić information content (AvgIpc) is 2.23. The lowest BCUT2D eigenvalue weighted by Crippen LogP contribution is -2.30. The van der Waals surface area contributed by atoms with Gasteiger partial charge in [-0.2, -0.15) is 0 Å². The monoisotopic (exact) mass is 190 g/mol. The van der Waals surface area contributed by atoms with Crippen LogP contribution in [0.3, 0.4) is 0 Å². The van der Waals surface area contributed by atoms with E-state index in [2.05, 4.69) is 30.0 Å². The Hall–Kier alpha value is -1.18. The molecular formula is C12H18N2. The maximum Gasteiger partial charge on any atom is 0.0602 e. The van der Waals surface area contributed by atoms with Crippen LogP contribution in [0.5, 0.6) is 0 Å². The van der Waals surface area contributed by atoms with Crippen LogP contribution in [0.25, 0.3) is 0 Å². The topological polar surface area (TPSA) is 29.3 Å². The molecule has 2 rings (SSSR count). The van der Waals surface area contributed by atoms with E-state index in [1.807, 2.05) is 0 Å². The molecule has 1 saturated heterocycles. The Kier molecular flexibility index (Phi) is 2.62. The molecule has 14 heavy (non-hydrogen) atoms. The second-order valence-electron chi connectivity index (χ2n) is 4.06. The highest BCUT2D eigenvalue weighted by atomic mass is 15.1. The molecule has 0 radical (unpaired) electrons. The maximum atomic E-state index is 6.07. The van der Waals surface area contributed by atoms with Crippen LogP contribution in [0.4, 0.5) is 11.4 Å². The number of piperidine rings is 1.